The van der Waals surface area contributed by atoms with E-state index in [2.05, 4.69) is 60.8 Å². The molecule has 1 aliphatic rings. The van der Waals surface area contributed by atoms with E-state index in [4.69, 9.17) is 0 Å². The van der Waals surface area contributed by atoms with Crippen LogP contribution in [0, 0.1) is 0 Å². The van der Waals surface area contributed by atoms with Gasteiger partial charge < -0.3 is 10.6 Å². The van der Waals surface area contributed by atoms with Crippen LogP contribution in [0.3, 0.4) is 0 Å². The Hall–Kier alpha value is -1.88. The van der Waals surface area contributed by atoms with Gasteiger partial charge >= 0.3 is 0 Å². The molecule has 2 aromatic rings. The highest BCUT2D eigenvalue weighted by Gasteiger charge is 2.38. The van der Waals surface area contributed by atoms with Crippen LogP contribution in [-0.2, 0) is 12.0 Å². The third-order valence-electron chi connectivity index (χ3n) is 4.73. The van der Waals surface area contributed by atoms with Gasteiger partial charge in [0.2, 0.25) is 0 Å². The zero-order valence-electron chi connectivity index (χ0n) is 13.9. The Bertz CT molecular complexity index is 696. The van der Waals surface area contributed by atoms with Crippen LogP contribution in [0.5, 0.6) is 0 Å². The monoisotopic (exact) mass is 386 g/mol. The molecule has 0 saturated heterocycles. The van der Waals surface area contributed by atoms with Crippen LogP contribution in [0.25, 0.3) is 0 Å². The Morgan fingerprint density at radius 1 is 1.21 bits per heavy atom. The fourth-order valence-corrected chi connectivity index (χ4v) is 3.54. The summed E-state index contributed by atoms with van der Waals surface area (Å²) in [5, 5.41) is 6.83. The topological polar surface area (TPSA) is 49.3 Å². The molecule has 0 bridgehead atoms. The van der Waals surface area contributed by atoms with Gasteiger partial charge in [0.1, 0.15) is 0 Å². The number of hydrogen-bond donors (Lipinski definition) is 2. The van der Waals surface area contributed by atoms with E-state index in [1.54, 1.807) is 7.05 Å². The van der Waals surface area contributed by atoms with Crippen LogP contribution in [0.2, 0.25) is 0 Å². The molecule has 1 aliphatic carbocycles. The summed E-state index contributed by atoms with van der Waals surface area (Å²) in [6, 6.07) is 14.6. The molecule has 0 atom stereocenters. The second-order valence-corrected chi connectivity index (χ2v) is 7.16. The third-order valence-corrected chi connectivity index (χ3v) is 5.22. The molecule has 1 saturated carbocycles. The van der Waals surface area contributed by atoms with Crippen LogP contribution < -0.4 is 10.6 Å². The molecule has 4 nitrogen and oxygen atoms in total. The maximum atomic E-state index is 4.33. The average molecular weight is 387 g/mol. The van der Waals surface area contributed by atoms with E-state index in [-0.39, 0.29) is 5.41 Å². The lowest BCUT2D eigenvalue weighted by Crippen LogP contribution is -2.48. The summed E-state index contributed by atoms with van der Waals surface area (Å²) < 4.78 is 1.14. The van der Waals surface area contributed by atoms with Crippen LogP contribution in [-0.4, -0.2) is 24.5 Å². The second kappa shape index (κ2) is 7.79. The molecule has 0 unspecified atom stereocenters. The molecule has 126 valence electrons. The van der Waals surface area contributed by atoms with Crippen molar-refractivity contribution < 1.29 is 0 Å². The Morgan fingerprint density at radius 2 is 2.08 bits per heavy atom. The fourth-order valence-electron chi connectivity index (χ4n) is 3.14. The van der Waals surface area contributed by atoms with Crippen molar-refractivity contribution in [2.75, 3.05) is 13.6 Å². The van der Waals surface area contributed by atoms with Crippen molar-refractivity contribution in [3.05, 3.63) is 64.4 Å². The molecular weight excluding hydrogens is 364 g/mol. The highest BCUT2D eigenvalue weighted by molar-refractivity contribution is 9.10. The number of guanidine groups is 1. The minimum atomic E-state index is 0.215. The van der Waals surface area contributed by atoms with Gasteiger partial charge in [0.25, 0.3) is 0 Å². The third kappa shape index (κ3) is 3.96. The summed E-state index contributed by atoms with van der Waals surface area (Å²) in [4.78, 5) is 8.66. The van der Waals surface area contributed by atoms with Crippen molar-refractivity contribution in [3.8, 4) is 0 Å². The van der Waals surface area contributed by atoms with Gasteiger partial charge in [-0.1, -0.05) is 40.5 Å². The van der Waals surface area contributed by atoms with Crippen LogP contribution >= 0.6 is 15.9 Å². The summed E-state index contributed by atoms with van der Waals surface area (Å²) in [6.07, 6.45) is 5.53. The zero-order valence-corrected chi connectivity index (χ0v) is 15.5. The normalized spacial score (nSPS) is 16.3. The summed E-state index contributed by atoms with van der Waals surface area (Å²) in [5.74, 6) is 0.821. The Balaban J connectivity index is 1.60. The summed E-state index contributed by atoms with van der Waals surface area (Å²) in [5.41, 5.74) is 2.62. The largest absolute Gasteiger partial charge is 0.356 e. The van der Waals surface area contributed by atoms with Gasteiger partial charge in [-0.15, -0.1) is 0 Å². The summed E-state index contributed by atoms with van der Waals surface area (Å²) in [7, 11) is 1.81. The lowest BCUT2D eigenvalue weighted by Gasteiger charge is -2.43. The van der Waals surface area contributed by atoms with Gasteiger partial charge in [0.05, 0.1) is 12.2 Å². The second-order valence-electron chi connectivity index (χ2n) is 6.24. The van der Waals surface area contributed by atoms with Crippen molar-refractivity contribution in [2.24, 2.45) is 4.99 Å². The molecule has 1 heterocycles. The summed E-state index contributed by atoms with van der Waals surface area (Å²) in [6.45, 7) is 1.57. The Labute approximate surface area is 151 Å². The predicted octanol–water partition coefficient (Wildman–Crippen LogP) is 3.63. The molecule has 2 N–H and O–H groups in total. The fraction of sp³-hybridized carbons (Fsp3) is 0.368. The van der Waals surface area contributed by atoms with Crippen molar-refractivity contribution >= 4 is 21.9 Å². The van der Waals surface area contributed by atoms with Gasteiger partial charge in [-0.3, -0.25) is 9.98 Å². The molecule has 0 radical (unpaired) electrons. The first-order chi connectivity index (χ1) is 11.7. The number of nitrogens with one attached hydrogen (secondary N) is 2. The zero-order chi connectivity index (χ0) is 16.8. The lowest BCUT2D eigenvalue weighted by atomic mass is 9.64. The van der Waals surface area contributed by atoms with E-state index in [9.17, 15) is 0 Å². The molecule has 0 aliphatic heterocycles. The number of halogens is 1. The van der Waals surface area contributed by atoms with E-state index in [1.165, 1.54) is 24.8 Å². The SMILES string of the molecule is CN=C(NCc1ccccn1)NCC1(c2cccc(Br)c2)CCC1. The molecule has 1 aromatic carbocycles. The summed E-state index contributed by atoms with van der Waals surface area (Å²) >= 11 is 3.59. The van der Waals surface area contributed by atoms with E-state index >= 15 is 0 Å². The van der Waals surface area contributed by atoms with Crippen molar-refractivity contribution in [1.29, 1.82) is 0 Å². The van der Waals surface area contributed by atoms with Crippen LogP contribution in [0.4, 0.5) is 0 Å². The first-order valence-corrected chi connectivity index (χ1v) is 9.12. The molecule has 1 aromatic heterocycles. The maximum absolute atomic E-state index is 4.33. The standard InChI is InChI=1S/C19H23BrN4/c1-21-18(23-13-17-8-2-3-11-22-17)24-14-19(9-5-10-19)15-6-4-7-16(20)12-15/h2-4,6-8,11-12H,5,9-10,13-14H2,1H3,(H2,21,23,24). The predicted molar refractivity (Wildman–Crippen MR) is 102 cm³/mol. The maximum Gasteiger partial charge on any atom is 0.191 e. The molecule has 0 spiro atoms. The molecule has 1 fully saturated rings. The minimum Gasteiger partial charge on any atom is -0.356 e. The van der Waals surface area contributed by atoms with Gasteiger partial charge in [0.15, 0.2) is 5.96 Å². The number of pyridine rings is 1. The van der Waals surface area contributed by atoms with Crippen LogP contribution in [0.15, 0.2) is 58.1 Å². The van der Waals surface area contributed by atoms with E-state index in [0.717, 1.165) is 22.7 Å². The molecule has 5 heteroatoms. The van der Waals surface area contributed by atoms with E-state index in [1.807, 2.05) is 24.4 Å². The highest BCUT2D eigenvalue weighted by atomic mass is 79.9. The molecule has 24 heavy (non-hydrogen) atoms. The minimum absolute atomic E-state index is 0.215. The number of nitrogens with zero attached hydrogens (tertiary/aromatic N) is 2. The lowest BCUT2D eigenvalue weighted by molar-refractivity contribution is 0.243. The smallest absolute Gasteiger partial charge is 0.191 e. The van der Waals surface area contributed by atoms with Gasteiger partial charge in [-0.05, 0) is 42.7 Å². The molecule has 3 rings (SSSR count). The number of hydrogen-bond acceptors (Lipinski definition) is 2. The number of rotatable bonds is 5. The highest BCUT2D eigenvalue weighted by Crippen LogP contribution is 2.43. The number of aliphatic imine (C=N–C) groups is 1. The average Bonchev–Trinajstić information content (AvgIpc) is 2.57. The van der Waals surface area contributed by atoms with E-state index < -0.39 is 0 Å². The quantitative estimate of drug-likeness (QED) is 0.609. The Morgan fingerprint density at radius 3 is 2.71 bits per heavy atom. The van der Waals surface area contributed by atoms with Gasteiger partial charge in [0, 0.05) is 29.7 Å². The van der Waals surface area contributed by atoms with E-state index in [0.29, 0.717) is 6.54 Å². The van der Waals surface area contributed by atoms with Crippen molar-refractivity contribution in [1.82, 2.24) is 15.6 Å². The number of aromatic nitrogens is 1. The molecular formula is C19H23BrN4. The van der Waals surface area contributed by atoms with Crippen LogP contribution in [0.1, 0.15) is 30.5 Å². The van der Waals surface area contributed by atoms with Crippen molar-refractivity contribution in [3.63, 3.8) is 0 Å². The molecule has 0 amide bonds. The number of benzene rings is 1. The first-order valence-electron chi connectivity index (χ1n) is 8.32. The Kier molecular flexibility index (Phi) is 5.51. The van der Waals surface area contributed by atoms with Gasteiger partial charge in [-0.25, -0.2) is 0 Å². The first kappa shape index (κ1) is 17.0. The van der Waals surface area contributed by atoms with Crippen molar-refractivity contribution in [2.45, 2.75) is 31.2 Å². The van der Waals surface area contributed by atoms with Gasteiger partial charge in [-0.2, -0.15) is 0 Å².